The Balaban J connectivity index is 1.46. The Labute approximate surface area is 224 Å². The molecule has 37 heavy (non-hydrogen) atoms. The number of benzene rings is 5. The van der Waals surface area contributed by atoms with E-state index in [4.69, 9.17) is 4.43 Å². The van der Waals surface area contributed by atoms with Crippen molar-refractivity contribution in [2.24, 2.45) is 0 Å². The van der Waals surface area contributed by atoms with Crippen LogP contribution in [0.5, 0.6) is 0 Å². The van der Waals surface area contributed by atoms with Crippen molar-refractivity contribution >= 4 is 55.8 Å². The van der Waals surface area contributed by atoms with Crippen molar-refractivity contribution in [3.05, 3.63) is 126 Å². The molecule has 1 unspecified atom stereocenters. The van der Waals surface area contributed by atoms with Crippen molar-refractivity contribution in [2.75, 3.05) is 0 Å². The average molecular weight is 517 g/mol. The highest BCUT2D eigenvalue weighted by Crippen LogP contribution is 2.29. The Morgan fingerprint density at radius 2 is 1.43 bits per heavy atom. The third-order valence-electron chi connectivity index (χ3n) is 7.59. The van der Waals surface area contributed by atoms with Crippen molar-refractivity contribution in [1.29, 1.82) is 0 Å². The van der Waals surface area contributed by atoms with Crippen molar-refractivity contribution in [2.45, 2.75) is 39.1 Å². The minimum Gasteiger partial charge on any atom is -0.413 e. The van der Waals surface area contributed by atoms with Gasteiger partial charge in [0, 0.05) is 5.73 Å². The van der Waals surface area contributed by atoms with Crippen molar-refractivity contribution in [1.82, 2.24) is 0 Å². The summed E-state index contributed by atoms with van der Waals surface area (Å²) < 4.78 is 7.07. The molecule has 0 N–H and O–H groups in total. The number of hydrogen-bond donors (Lipinski definition) is 0. The Kier molecular flexibility index (Phi) is 7.56. The molecule has 5 rings (SSSR count). The Morgan fingerprint density at radius 3 is 2.22 bits per heavy atom. The summed E-state index contributed by atoms with van der Waals surface area (Å²) in [5.41, 5.74) is 4.35. The third kappa shape index (κ3) is 5.69. The normalized spacial score (nSPS) is 13.3. The van der Waals surface area contributed by atoms with Crippen molar-refractivity contribution in [3.63, 3.8) is 0 Å². The van der Waals surface area contributed by atoms with E-state index in [0.717, 1.165) is 6.42 Å². The van der Waals surface area contributed by atoms with E-state index in [9.17, 15) is 0 Å². The summed E-state index contributed by atoms with van der Waals surface area (Å²) in [6.45, 7) is 9.17. The van der Waals surface area contributed by atoms with Gasteiger partial charge >= 0.3 is 0 Å². The zero-order valence-corrected chi connectivity index (χ0v) is 24.8. The second-order valence-electron chi connectivity index (χ2n) is 10.5. The third-order valence-corrected chi connectivity index (χ3v) is 12.7. The first-order valence-corrected chi connectivity index (χ1v) is 17.7. The molecule has 0 saturated heterocycles. The van der Waals surface area contributed by atoms with Crippen LogP contribution in [0.25, 0.3) is 27.6 Å². The quantitative estimate of drug-likeness (QED) is 0.160. The van der Waals surface area contributed by atoms with E-state index in [1.165, 1.54) is 48.6 Å². The van der Waals surface area contributed by atoms with E-state index >= 15 is 0 Å². The summed E-state index contributed by atoms with van der Waals surface area (Å²) in [5.74, 6) is 0. The molecule has 0 aliphatic carbocycles. The summed E-state index contributed by atoms with van der Waals surface area (Å²) in [5, 5.41) is 8.11. The highest BCUT2D eigenvalue weighted by atomic mass is 28.4. The smallest absolute Gasteiger partial charge is 0.218 e. The van der Waals surface area contributed by atoms with E-state index in [0.29, 0.717) is 0 Å². The molecule has 0 radical (unpaired) electrons. The maximum atomic E-state index is 7.07. The van der Waals surface area contributed by atoms with E-state index in [-0.39, 0.29) is 5.73 Å². The molecule has 3 heteroatoms. The van der Waals surface area contributed by atoms with Crippen LogP contribution in [0, 0.1) is 13.8 Å². The zero-order chi connectivity index (χ0) is 25.8. The van der Waals surface area contributed by atoms with Crippen LogP contribution in [-0.2, 0) is 4.43 Å². The van der Waals surface area contributed by atoms with Gasteiger partial charge in [-0.2, -0.15) is 0 Å². The minimum atomic E-state index is -2.04. The van der Waals surface area contributed by atoms with Gasteiger partial charge in [-0.25, -0.2) is 0 Å². The van der Waals surface area contributed by atoms with Crippen LogP contribution < -0.4 is 10.4 Å². The summed E-state index contributed by atoms with van der Waals surface area (Å²) in [6.07, 6.45) is 5.61. The lowest BCUT2D eigenvalue weighted by molar-refractivity contribution is 0.279. The molecule has 0 aliphatic rings. The minimum absolute atomic E-state index is 0.255. The Morgan fingerprint density at radius 1 is 0.757 bits per heavy atom. The lowest BCUT2D eigenvalue weighted by Gasteiger charge is -2.30. The van der Waals surface area contributed by atoms with E-state index in [1.54, 1.807) is 0 Å². The Hall–Kier alpha value is -3.25. The highest BCUT2D eigenvalue weighted by Gasteiger charge is 2.29. The van der Waals surface area contributed by atoms with Gasteiger partial charge in [0.05, 0.1) is 9.52 Å². The maximum Gasteiger partial charge on any atom is 0.218 e. The average Bonchev–Trinajstić information content (AvgIpc) is 2.91. The predicted octanol–water partition coefficient (Wildman–Crippen LogP) is 6.96. The molecule has 5 aromatic rings. The van der Waals surface area contributed by atoms with Crippen LogP contribution >= 0.6 is 0 Å². The fourth-order valence-corrected chi connectivity index (χ4v) is 10.7. The van der Waals surface area contributed by atoms with Gasteiger partial charge in [0.25, 0.3) is 0 Å². The van der Waals surface area contributed by atoms with Gasteiger partial charge in [0.1, 0.15) is 0 Å². The first kappa shape index (κ1) is 25.4. The maximum absolute atomic E-state index is 7.07. The molecular weight excluding hydrogens is 481 g/mol. The molecule has 0 aliphatic heterocycles. The van der Waals surface area contributed by atoms with Gasteiger partial charge in [-0.3, -0.25) is 0 Å². The number of hydrogen-bond acceptors (Lipinski definition) is 1. The van der Waals surface area contributed by atoms with E-state index in [1.807, 2.05) is 0 Å². The molecule has 0 fully saturated rings. The molecule has 0 bridgehead atoms. The van der Waals surface area contributed by atoms with Gasteiger partial charge in [0.2, 0.25) is 8.32 Å². The predicted molar refractivity (Wildman–Crippen MR) is 168 cm³/mol. The number of rotatable bonds is 8. The lowest BCUT2D eigenvalue weighted by atomic mass is 9.97. The van der Waals surface area contributed by atoms with E-state index in [2.05, 4.69) is 142 Å². The van der Waals surface area contributed by atoms with Gasteiger partial charge < -0.3 is 4.43 Å². The largest absolute Gasteiger partial charge is 0.413 e. The van der Waals surface area contributed by atoms with Gasteiger partial charge in [-0.1, -0.05) is 114 Å². The van der Waals surface area contributed by atoms with Crippen molar-refractivity contribution in [3.8, 4) is 0 Å². The molecule has 0 heterocycles. The zero-order valence-electron chi connectivity index (χ0n) is 22.4. The van der Waals surface area contributed by atoms with Crippen LogP contribution in [0.1, 0.15) is 23.1 Å². The van der Waals surface area contributed by atoms with Gasteiger partial charge in [-0.05, 0) is 82.9 Å². The molecule has 1 atom stereocenters. The fraction of sp³-hybridized carbons (Fsp3) is 0.176. The number of aryl methyl sites for hydroxylation is 1. The summed E-state index contributed by atoms with van der Waals surface area (Å²) in [7, 11) is -2.68. The first-order chi connectivity index (χ1) is 17.9. The van der Waals surface area contributed by atoms with Gasteiger partial charge in [0.15, 0.2) is 0 Å². The Bertz CT molecular complexity index is 1550. The molecule has 1 nitrogen and oxygen atoms in total. The topological polar surface area (TPSA) is 9.23 Å². The highest BCUT2D eigenvalue weighted by molar-refractivity contribution is 6.84. The van der Waals surface area contributed by atoms with Crippen molar-refractivity contribution < 1.29 is 4.43 Å². The fourth-order valence-electron chi connectivity index (χ4n) is 5.34. The second kappa shape index (κ2) is 11.0. The van der Waals surface area contributed by atoms with Crippen LogP contribution in [0.2, 0.25) is 13.1 Å². The molecule has 0 spiro atoms. The first-order valence-electron chi connectivity index (χ1n) is 13.3. The monoisotopic (exact) mass is 516 g/mol. The molecule has 0 saturated carbocycles. The van der Waals surface area contributed by atoms with Crippen LogP contribution in [0.4, 0.5) is 0 Å². The van der Waals surface area contributed by atoms with Gasteiger partial charge in [-0.15, -0.1) is 0 Å². The second-order valence-corrected chi connectivity index (χ2v) is 16.5. The summed E-state index contributed by atoms with van der Waals surface area (Å²) in [6, 6.07) is 37.4. The van der Waals surface area contributed by atoms with Crippen LogP contribution in [0.15, 0.2) is 109 Å². The molecule has 0 aromatic heterocycles. The molecule has 5 aromatic carbocycles. The molecule has 186 valence electrons. The lowest BCUT2D eigenvalue weighted by Crippen LogP contribution is -2.50. The SMILES string of the molecule is Cc1cccc([SiH2]C(C/C=C\c2cc3ccccc3c3ccccc23)O[Si](C)(C)c2ccccc2)c1C. The van der Waals surface area contributed by atoms with Crippen LogP contribution in [-0.4, -0.2) is 23.6 Å². The molecular formula is C34H36OSi2. The van der Waals surface area contributed by atoms with Crippen LogP contribution in [0.3, 0.4) is 0 Å². The summed E-state index contributed by atoms with van der Waals surface area (Å²) in [4.78, 5) is 0. The summed E-state index contributed by atoms with van der Waals surface area (Å²) >= 11 is 0. The van der Waals surface area contributed by atoms with E-state index < -0.39 is 17.8 Å². The molecule has 0 amide bonds. The number of fused-ring (bicyclic) bond motifs is 3. The standard InChI is InChI=1S/C34H36OSi2/c1-25-14-12-22-33(26(25)2)36-34(35-37(3,4)29-17-6-5-7-18-29)23-13-16-28-24-27-15-8-9-19-30(27)32-21-11-10-20-31(28)32/h5-22,24,34H,23,36H2,1-4H3/b16-13-.